The molecule has 0 unspecified atom stereocenters. The van der Waals surface area contributed by atoms with Crippen molar-refractivity contribution in [2.75, 3.05) is 5.75 Å². The summed E-state index contributed by atoms with van der Waals surface area (Å²) in [6.45, 7) is 5.71. The Morgan fingerprint density at radius 2 is 2.43 bits per heavy atom. The lowest BCUT2D eigenvalue weighted by atomic mass is 10.3. The van der Waals surface area contributed by atoms with Crippen LogP contribution in [0, 0.1) is 0 Å². The van der Waals surface area contributed by atoms with Crippen molar-refractivity contribution >= 4 is 17.7 Å². The largest absolute Gasteiger partial charge is 0.477 e. The van der Waals surface area contributed by atoms with Gasteiger partial charge in [-0.05, 0) is 19.1 Å². The van der Waals surface area contributed by atoms with Gasteiger partial charge in [-0.3, -0.25) is 0 Å². The van der Waals surface area contributed by atoms with Crippen molar-refractivity contribution in [3.8, 4) is 0 Å². The topological polar surface area (TPSA) is 50.2 Å². The Balaban J connectivity index is 2.73. The van der Waals surface area contributed by atoms with Gasteiger partial charge in [-0.1, -0.05) is 12.2 Å². The van der Waals surface area contributed by atoms with Crippen LogP contribution in [0.5, 0.6) is 0 Å². The average Bonchev–Trinajstić information content (AvgIpc) is 2.15. The maximum Gasteiger partial charge on any atom is 0.354 e. The van der Waals surface area contributed by atoms with Gasteiger partial charge in [0, 0.05) is 16.8 Å². The van der Waals surface area contributed by atoms with Gasteiger partial charge in [0.05, 0.1) is 0 Å². The van der Waals surface area contributed by atoms with Gasteiger partial charge in [-0.2, -0.15) is 0 Å². The molecule has 0 aliphatic heterocycles. The molecule has 0 aromatic carbocycles. The Morgan fingerprint density at radius 1 is 1.71 bits per heavy atom. The molecule has 0 aliphatic rings. The Hall–Kier alpha value is -1.29. The minimum Gasteiger partial charge on any atom is -0.477 e. The first-order valence-electron chi connectivity index (χ1n) is 4.06. The third-order valence-corrected chi connectivity index (χ3v) is 2.66. The normalized spacial score (nSPS) is 9.79. The number of aromatic nitrogens is 1. The zero-order chi connectivity index (χ0) is 10.6. The second-order valence-corrected chi connectivity index (χ2v) is 3.98. The smallest absolute Gasteiger partial charge is 0.354 e. The molecule has 3 nitrogen and oxygen atoms in total. The summed E-state index contributed by atoms with van der Waals surface area (Å²) < 4.78 is 0. The number of carbonyl (C=O) groups is 1. The minimum atomic E-state index is -0.997. The summed E-state index contributed by atoms with van der Waals surface area (Å²) >= 11 is 1.56. The summed E-state index contributed by atoms with van der Waals surface area (Å²) in [7, 11) is 0. The van der Waals surface area contributed by atoms with E-state index in [1.165, 1.54) is 6.20 Å². The highest BCUT2D eigenvalue weighted by molar-refractivity contribution is 7.99. The summed E-state index contributed by atoms with van der Waals surface area (Å²) in [6, 6.07) is 3.36. The molecule has 1 aromatic rings. The van der Waals surface area contributed by atoms with E-state index in [2.05, 4.69) is 11.6 Å². The van der Waals surface area contributed by atoms with Crippen LogP contribution in [0.3, 0.4) is 0 Å². The first kappa shape index (κ1) is 10.8. The lowest BCUT2D eigenvalue weighted by molar-refractivity contribution is 0.0690. The van der Waals surface area contributed by atoms with Gasteiger partial charge in [-0.15, -0.1) is 11.8 Å². The van der Waals surface area contributed by atoms with Crippen molar-refractivity contribution in [1.82, 2.24) is 4.98 Å². The number of rotatable bonds is 4. The first-order chi connectivity index (χ1) is 6.59. The minimum absolute atomic E-state index is 0.0803. The summed E-state index contributed by atoms with van der Waals surface area (Å²) in [5.41, 5.74) is 1.14. The van der Waals surface area contributed by atoms with Crippen molar-refractivity contribution in [2.45, 2.75) is 11.8 Å². The van der Waals surface area contributed by atoms with Crippen LogP contribution in [0.4, 0.5) is 0 Å². The molecule has 0 amide bonds. The highest BCUT2D eigenvalue weighted by Crippen LogP contribution is 2.19. The zero-order valence-electron chi connectivity index (χ0n) is 7.86. The van der Waals surface area contributed by atoms with Crippen molar-refractivity contribution in [2.24, 2.45) is 0 Å². The monoisotopic (exact) mass is 209 g/mol. The van der Waals surface area contributed by atoms with E-state index in [0.29, 0.717) is 0 Å². The van der Waals surface area contributed by atoms with Gasteiger partial charge in [0.25, 0.3) is 0 Å². The summed E-state index contributed by atoms with van der Waals surface area (Å²) in [5, 5.41) is 8.70. The third-order valence-electron chi connectivity index (χ3n) is 1.44. The van der Waals surface area contributed by atoms with Gasteiger partial charge >= 0.3 is 5.97 Å². The first-order valence-corrected chi connectivity index (χ1v) is 5.04. The van der Waals surface area contributed by atoms with Gasteiger partial charge in [0.15, 0.2) is 0 Å². The second-order valence-electron chi connectivity index (χ2n) is 2.93. The Bertz CT molecular complexity index is 363. The number of aromatic carboxylic acids is 1. The van der Waals surface area contributed by atoms with Crippen LogP contribution in [-0.4, -0.2) is 21.8 Å². The molecule has 0 atom stereocenters. The lowest BCUT2D eigenvalue weighted by Gasteiger charge is -2.01. The van der Waals surface area contributed by atoms with Crippen LogP contribution < -0.4 is 0 Å². The molecule has 0 bridgehead atoms. The van der Waals surface area contributed by atoms with Crippen molar-refractivity contribution in [3.63, 3.8) is 0 Å². The maximum absolute atomic E-state index is 10.6. The molecular formula is C10H11NO2S. The highest BCUT2D eigenvalue weighted by Gasteiger charge is 2.04. The molecule has 0 aliphatic carbocycles. The fraction of sp³-hybridized carbons (Fsp3) is 0.200. The molecule has 0 saturated heterocycles. The lowest BCUT2D eigenvalue weighted by Crippen LogP contribution is -1.99. The van der Waals surface area contributed by atoms with Gasteiger partial charge in [0.1, 0.15) is 5.69 Å². The van der Waals surface area contributed by atoms with Crippen LogP contribution in [0.2, 0.25) is 0 Å². The molecule has 1 aromatic heterocycles. The molecule has 1 N–H and O–H groups in total. The highest BCUT2D eigenvalue weighted by atomic mass is 32.2. The van der Waals surface area contributed by atoms with E-state index in [1.807, 2.05) is 6.92 Å². The van der Waals surface area contributed by atoms with E-state index in [-0.39, 0.29) is 5.69 Å². The third kappa shape index (κ3) is 3.22. The van der Waals surface area contributed by atoms with Crippen molar-refractivity contribution in [3.05, 3.63) is 36.2 Å². The quantitative estimate of drug-likeness (QED) is 0.611. The predicted molar refractivity (Wildman–Crippen MR) is 56.7 cm³/mol. The number of hydrogen-bond donors (Lipinski definition) is 1. The van der Waals surface area contributed by atoms with Gasteiger partial charge in [-0.25, -0.2) is 9.78 Å². The number of nitrogens with zero attached hydrogens (tertiary/aromatic N) is 1. The number of carboxylic acids is 1. The van der Waals surface area contributed by atoms with Crippen LogP contribution in [0.25, 0.3) is 0 Å². The molecule has 74 valence electrons. The fourth-order valence-corrected chi connectivity index (χ4v) is 1.59. The van der Waals surface area contributed by atoms with Crippen LogP contribution >= 0.6 is 11.8 Å². The van der Waals surface area contributed by atoms with Gasteiger partial charge < -0.3 is 5.11 Å². The Morgan fingerprint density at radius 3 is 3.00 bits per heavy atom. The van der Waals surface area contributed by atoms with E-state index >= 15 is 0 Å². The van der Waals surface area contributed by atoms with Crippen molar-refractivity contribution in [1.29, 1.82) is 0 Å². The molecular weight excluding hydrogens is 198 g/mol. The number of carboxylic acid groups (broad SMARTS) is 1. The Labute approximate surface area is 86.9 Å². The molecule has 0 radical (unpaired) electrons. The van der Waals surface area contributed by atoms with Gasteiger partial charge in [0.2, 0.25) is 0 Å². The number of hydrogen-bond acceptors (Lipinski definition) is 3. The molecule has 14 heavy (non-hydrogen) atoms. The van der Waals surface area contributed by atoms with Crippen molar-refractivity contribution < 1.29 is 9.90 Å². The molecule has 4 heteroatoms. The SMILES string of the molecule is C=C(C)CSc1ccnc(C(=O)O)c1. The second kappa shape index (κ2) is 4.81. The molecule has 0 spiro atoms. The Kier molecular flexibility index (Phi) is 3.71. The van der Waals surface area contributed by atoms with E-state index in [1.54, 1.807) is 23.9 Å². The summed E-state index contributed by atoms with van der Waals surface area (Å²) in [4.78, 5) is 15.2. The van der Waals surface area contributed by atoms with E-state index in [0.717, 1.165) is 16.2 Å². The average molecular weight is 209 g/mol. The number of thioether (sulfide) groups is 1. The fourth-order valence-electron chi connectivity index (χ4n) is 0.824. The zero-order valence-corrected chi connectivity index (χ0v) is 8.67. The van der Waals surface area contributed by atoms with Crippen LogP contribution in [0.15, 0.2) is 35.4 Å². The number of pyridine rings is 1. The predicted octanol–water partition coefficient (Wildman–Crippen LogP) is 2.45. The molecule has 0 saturated carbocycles. The van der Waals surface area contributed by atoms with Crippen LogP contribution in [-0.2, 0) is 0 Å². The molecule has 1 rings (SSSR count). The standard InChI is InChI=1S/C10H11NO2S/c1-7(2)6-14-8-3-4-11-9(5-8)10(12)13/h3-5H,1,6H2,2H3,(H,12,13). The summed E-state index contributed by atoms with van der Waals surface area (Å²) in [5.74, 6) is -0.203. The summed E-state index contributed by atoms with van der Waals surface area (Å²) in [6.07, 6.45) is 1.50. The maximum atomic E-state index is 10.6. The van der Waals surface area contributed by atoms with E-state index < -0.39 is 5.97 Å². The van der Waals surface area contributed by atoms with E-state index in [9.17, 15) is 4.79 Å². The molecule has 0 fully saturated rings. The molecule has 1 heterocycles. The van der Waals surface area contributed by atoms with E-state index in [4.69, 9.17) is 5.11 Å². The van der Waals surface area contributed by atoms with Crippen LogP contribution in [0.1, 0.15) is 17.4 Å².